The van der Waals surface area contributed by atoms with Crippen molar-refractivity contribution < 1.29 is 23.6 Å². The van der Waals surface area contributed by atoms with Crippen molar-refractivity contribution in [3.63, 3.8) is 0 Å². The zero-order chi connectivity index (χ0) is 21.3. The number of urea groups is 1. The number of carbonyl (C=O) groups excluding carboxylic acids is 2. The van der Waals surface area contributed by atoms with E-state index in [2.05, 4.69) is 22.7 Å². The molecule has 0 saturated heterocycles. The molecule has 162 valence electrons. The number of aromatic nitrogens is 1. The lowest BCUT2D eigenvalue weighted by atomic mass is 10.1. The predicted molar refractivity (Wildman–Crippen MR) is 111 cm³/mol. The summed E-state index contributed by atoms with van der Waals surface area (Å²) in [6.07, 6.45) is 2.59. The molecule has 9 nitrogen and oxygen atoms in total. The Labute approximate surface area is 175 Å². The SMILES string of the molecule is CCCCOc1ccc(NC(=O)N2CCc3onc(C(=O)NCCOC)c3C2)cc1. The van der Waals surface area contributed by atoms with Gasteiger partial charge in [0.15, 0.2) is 5.69 Å². The van der Waals surface area contributed by atoms with Crippen LogP contribution >= 0.6 is 0 Å². The van der Waals surface area contributed by atoms with Crippen LogP contribution in [0.1, 0.15) is 41.6 Å². The maximum absolute atomic E-state index is 12.7. The second-order valence-corrected chi connectivity index (χ2v) is 7.01. The summed E-state index contributed by atoms with van der Waals surface area (Å²) >= 11 is 0. The highest BCUT2D eigenvalue weighted by Gasteiger charge is 2.29. The first-order valence-corrected chi connectivity index (χ1v) is 10.2. The molecular formula is C21H28N4O5. The molecule has 0 atom stereocenters. The molecule has 3 rings (SSSR count). The van der Waals surface area contributed by atoms with Gasteiger partial charge in [-0.25, -0.2) is 4.79 Å². The summed E-state index contributed by atoms with van der Waals surface area (Å²) in [4.78, 5) is 26.7. The van der Waals surface area contributed by atoms with E-state index >= 15 is 0 Å². The van der Waals surface area contributed by atoms with Crippen LogP contribution in [0.2, 0.25) is 0 Å². The van der Waals surface area contributed by atoms with Gasteiger partial charge in [0.2, 0.25) is 0 Å². The van der Waals surface area contributed by atoms with Crippen LogP contribution in [0.5, 0.6) is 5.75 Å². The molecule has 0 unspecified atom stereocenters. The first-order chi connectivity index (χ1) is 14.6. The van der Waals surface area contributed by atoms with Crippen molar-refractivity contribution in [2.75, 3.05) is 38.7 Å². The minimum absolute atomic E-state index is 0.215. The highest BCUT2D eigenvalue weighted by Crippen LogP contribution is 2.23. The fourth-order valence-electron chi connectivity index (χ4n) is 3.08. The van der Waals surface area contributed by atoms with E-state index in [9.17, 15) is 9.59 Å². The number of carbonyl (C=O) groups is 2. The molecular weight excluding hydrogens is 388 g/mol. The minimum atomic E-state index is -0.335. The summed E-state index contributed by atoms with van der Waals surface area (Å²) in [5.74, 6) is 1.08. The average Bonchev–Trinajstić information content (AvgIpc) is 3.18. The van der Waals surface area contributed by atoms with Crippen molar-refractivity contribution in [2.45, 2.75) is 32.7 Å². The maximum Gasteiger partial charge on any atom is 0.322 e. The van der Waals surface area contributed by atoms with Crippen molar-refractivity contribution in [1.29, 1.82) is 0 Å². The predicted octanol–water partition coefficient (Wildman–Crippen LogP) is 2.82. The lowest BCUT2D eigenvalue weighted by molar-refractivity contribution is 0.0926. The van der Waals surface area contributed by atoms with E-state index in [0.717, 1.165) is 18.6 Å². The first-order valence-electron chi connectivity index (χ1n) is 10.2. The third-order valence-electron chi connectivity index (χ3n) is 4.79. The van der Waals surface area contributed by atoms with Crippen LogP contribution in [-0.4, -0.2) is 55.4 Å². The number of fused-ring (bicyclic) bond motifs is 1. The third kappa shape index (κ3) is 5.50. The summed E-state index contributed by atoms with van der Waals surface area (Å²) in [7, 11) is 1.56. The van der Waals surface area contributed by atoms with Crippen molar-refractivity contribution in [1.82, 2.24) is 15.4 Å². The number of amides is 3. The number of nitrogens with one attached hydrogen (secondary N) is 2. The second kappa shape index (κ2) is 10.6. The van der Waals surface area contributed by atoms with Crippen molar-refractivity contribution in [3.05, 3.63) is 41.3 Å². The topological polar surface area (TPSA) is 106 Å². The maximum atomic E-state index is 12.7. The quantitative estimate of drug-likeness (QED) is 0.609. The molecule has 0 fully saturated rings. The van der Waals surface area contributed by atoms with Gasteiger partial charge in [-0.2, -0.15) is 0 Å². The normalized spacial score (nSPS) is 12.9. The molecule has 0 bridgehead atoms. The molecule has 0 aliphatic carbocycles. The number of ether oxygens (including phenoxy) is 2. The summed E-state index contributed by atoms with van der Waals surface area (Å²) in [6, 6.07) is 7.04. The number of hydrogen-bond donors (Lipinski definition) is 2. The fraction of sp³-hybridized carbons (Fsp3) is 0.476. The van der Waals surface area contributed by atoms with E-state index in [-0.39, 0.29) is 24.2 Å². The molecule has 1 aliphatic rings. The monoisotopic (exact) mass is 416 g/mol. The Bertz CT molecular complexity index is 850. The van der Waals surface area contributed by atoms with Crippen molar-refractivity contribution >= 4 is 17.6 Å². The Morgan fingerprint density at radius 2 is 2.03 bits per heavy atom. The van der Waals surface area contributed by atoms with Crippen molar-refractivity contribution in [2.24, 2.45) is 0 Å². The van der Waals surface area contributed by atoms with E-state index in [0.29, 0.717) is 49.7 Å². The summed E-state index contributed by atoms with van der Waals surface area (Å²) in [5, 5.41) is 9.50. The van der Waals surface area contributed by atoms with Crippen molar-refractivity contribution in [3.8, 4) is 5.75 Å². The van der Waals surface area contributed by atoms with Gasteiger partial charge in [0, 0.05) is 37.9 Å². The molecule has 3 amide bonds. The molecule has 1 aliphatic heterocycles. The van der Waals surface area contributed by atoms with Gasteiger partial charge >= 0.3 is 6.03 Å². The van der Waals surface area contributed by atoms with E-state index < -0.39 is 0 Å². The highest BCUT2D eigenvalue weighted by molar-refractivity contribution is 5.94. The molecule has 9 heteroatoms. The number of hydrogen-bond acceptors (Lipinski definition) is 6. The Morgan fingerprint density at radius 3 is 2.77 bits per heavy atom. The molecule has 2 heterocycles. The summed E-state index contributed by atoms with van der Waals surface area (Å²) in [5.41, 5.74) is 1.54. The largest absolute Gasteiger partial charge is 0.494 e. The zero-order valence-corrected chi connectivity index (χ0v) is 17.4. The van der Waals surface area contributed by atoms with Crippen LogP contribution in [0.15, 0.2) is 28.8 Å². The molecule has 1 aromatic carbocycles. The van der Waals surface area contributed by atoms with E-state index in [1.165, 1.54) is 0 Å². The number of methoxy groups -OCH3 is 1. The van der Waals surface area contributed by atoms with Gasteiger partial charge in [0.05, 0.1) is 19.8 Å². The second-order valence-electron chi connectivity index (χ2n) is 7.01. The smallest absolute Gasteiger partial charge is 0.322 e. The van der Waals surface area contributed by atoms with Gasteiger partial charge in [-0.15, -0.1) is 0 Å². The van der Waals surface area contributed by atoms with Gasteiger partial charge in [-0.1, -0.05) is 18.5 Å². The number of anilines is 1. The molecule has 1 aromatic heterocycles. The van der Waals surface area contributed by atoms with Gasteiger partial charge in [-0.05, 0) is 30.7 Å². The molecule has 2 N–H and O–H groups in total. The Hall–Kier alpha value is -3.07. The zero-order valence-electron chi connectivity index (χ0n) is 17.4. The van der Waals surface area contributed by atoms with Crippen LogP contribution in [0.25, 0.3) is 0 Å². The molecule has 2 aromatic rings. The summed E-state index contributed by atoms with van der Waals surface area (Å²) in [6.45, 7) is 4.31. The lowest BCUT2D eigenvalue weighted by Crippen LogP contribution is -2.39. The molecule has 30 heavy (non-hydrogen) atoms. The van der Waals surface area contributed by atoms with E-state index in [1.807, 2.05) is 24.3 Å². The highest BCUT2D eigenvalue weighted by atomic mass is 16.5. The Morgan fingerprint density at radius 1 is 1.23 bits per heavy atom. The fourth-order valence-corrected chi connectivity index (χ4v) is 3.08. The van der Waals surface area contributed by atoms with Crippen LogP contribution in [0.3, 0.4) is 0 Å². The number of benzene rings is 1. The standard InChI is InChI=1S/C21H28N4O5/c1-3-4-12-29-16-7-5-15(6-8-16)23-21(27)25-11-9-18-17(14-25)19(24-30-18)20(26)22-10-13-28-2/h5-8H,3-4,9-14H2,1-2H3,(H,22,26)(H,23,27). The first kappa shape index (κ1) is 21.6. The average molecular weight is 416 g/mol. The van der Waals surface area contributed by atoms with E-state index in [4.69, 9.17) is 14.0 Å². The van der Waals surface area contributed by atoms with Crippen LogP contribution in [0, 0.1) is 0 Å². The molecule has 0 radical (unpaired) electrons. The third-order valence-corrected chi connectivity index (χ3v) is 4.79. The number of rotatable bonds is 9. The summed E-state index contributed by atoms with van der Waals surface area (Å²) < 4.78 is 15.9. The molecule has 0 spiro atoms. The van der Waals surface area contributed by atoms with Gasteiger partial charge in [0.1, 0.15) is 11.5 Å². The van der Waals surface area contributed by atoms with Crippen LogP contribution < -0.4 is 15.4 Å². The van der Waals surface area contributed by atoms with Gasteiger partial charge in [0.25, 0.3) is 5.91 Å². The van der Waals surface area contributed by atoms with Gasteiger partial charge in [-0.3, -0.25) is 4.79 Å². The van der Waals surface area contributed by atoms with E-state index in [1.54, 1.807) is 12.0 Å². The number of nitrogens with zero attached hydrogens (tertiary/aromatic N) is 2. The van der Waals surface area contributed by atoms with Crippen LogP contribution in [0.4, 0.5) is 10.5 Å². The lowest BCUT2D eigenvalue weighted by Gasteiger charge is -2.26. The minimum Gasteiger partial charge on any atom is -0.494 e. The van der Waals surface area contributed by atoms with Crippen LogP contribution in [-0.2, 0) is 17.7 Å². The van der Waals surface area contributed by atoms with Gasteiger partial charge < -0.3 is 29.5 Å². The Kier molecular flexibility index (Phi) is 7.67. The molecule has 0 saturated carbocycles. The number of unbranched alkanes of at least 4 members (excludes halogenated alkanes) is 1. The Balaban J connectivity index is 1.57.